The van der Waals surface area contributed by atoms with Gasteiger partial charge in [0.2, 0.25) is 5.91 Å². The summed E-state index contributed by atoms with van der Waals surface area (Å²) < 4.78 is 0. The van der Waals surface area contributed by atoms with Crippen molar-refractivity contribution in [2.45, 2.75) is 39.5 Å². The number of carbonyl (C=O) groups is 2. The van der Waals surface area contributed by atoms with Crippen LogP contribution in [0.25, 0.3) is 0 Å². The molecule has 1 atom stereocenters. The van der Waals surface area contributed by atoms with E-state index in [1.807, 2.05) is 12.1 Å². The van der Waals surface area contributed by atoms with E-state index in [1.165, 1.54) is 18.4 Å². The first kappa shape index (κ1) is 16.2. The third-order valence-electron chi connectivity index (χ3n) is 3.23. The minimum Gasteiger partial charge on any atom is -0.481 e. The van der Waals surface area contributed by atoms with Crippen LogP contribution in [0.4, 0.5) is 0 Å². The highest BCUT2D eigenvalue weighted by Gasteiger charge is 2.12. The quantitative estimate of drug-likeness (QED) is 0.767. The van der Waals surface area contributed by atoms with Gasteiger partial charge in [-0.3, -0.25) is 9.59 Å². The largest absolute Gasteiger partial charge is 0.481 e. The van der Waals surface area contributed by atoms with Crippen molar-refractivity contribution in [3.8, 4) is 0 Å². The highest BCUT2D eigenvalue weighted by molar-refractivity contribution is 5.79. The van der Waals surface area contributed by atoms with E-state index in [0.29, 0.717) is 6.42 Å². The summed E-state index contributed by atoms with van der Waals surface area (Å²) in [5.41, 5.74) is 2.24. The van der Waals surface area contributed by atoms with Crippen molar-refractivity contribution in [2.75, 3.05) is 6.54 Å². The van der Waals surface area contributed by atoms with Gasteiger partial charge in [-0.2, -0.15) is 0 Å². The lowest BCUT2D eigenvalue weighted by Gasteiger charge is -2.08. The van der Waals surface area contributed by atoms with Gasteiger partial charge in [-0.05, 0) is 24.0 Å². The average Bonchev–Trinajstić information content (AvgIpc) is 2.44. The van der Waals surface area contributed by atoms with Crippen LogP contribution in [-0.4, -0.2) is 23.5 Å². The molecule has 4 heteroatoms. The Morgan fingerprint density at radius 1 is 1.20 bits per heavy atom. The molecule has 0 radical (unpaired) electrons. The molecule has 110 valence electrons. The van der Waals surface area contributed by atoms with Gasteiger partial charge >= 0.3 is 5.97 Å². The third-order valence-corrected chi connectivity index (χ3v) is 3.23. The van der Waals surface area contributed by atoms with Crippen LogP contribution in [0.5, 0.6) is 0 Å². The van der Waals surface area contributed by atoms with E-state index in [0.717, 1.165) is 12.0 Å². The Morgan fingerprint density at radius 3 is 2.35 bits per heavy atom. The highest BCUT2D eigenvalue weighted by atomic mass is 16.4. The first-order valence-electron chi connectivity index (χ1n) is 7.10. The highest BCUT2D eigenvalue weighted by Crippen LogP contribution is 2.08. The molecule has 0 aromatic heterocycles. The summed E-state index contributed by atoms with van der Waals surface area (Å²) in [5, 5.41) is 11.4. The van der Waals surface area contributed by atoms with Crippen molar-refractivity contribution >= 4 is 11.9 Å². The van der Waals surface area contributed by atoms with E-state index in [-0.39, 0.29) is 12.5 Å². The number of carboxylic acid groups (broad SMARTS) is 1. The molecule has 0 aliphatic carbocycles. The fraction of sp³-hybridized carbons (Fsp3) is 0.500. The molecule has 1 amide bonds. The molecule has 0 aliphatic rings. The topological polar surface area (TPSA) is 66.4 Å². The normalized spacial score (nSPS) is 11.9. The molecule has 20 heavy (non-hydrogen) atoms. The molecule has 0 spiro atoms. The van der Waals surface area contributed by atoms with E-state index in [1.54, 1.807) is 6.92 Å². The van der Waals surface area contributed by atoms with Crippen molar-refractivity contribution in [3.05, 3.63) is 35.4 Å². The lowest BCUT2D eigenvalue weighted by atomic mass is 10.0. The lowest BCUT2D eigenvalue weighted by Crippen LogP contribution is -2.32. The zero-order valence-electron chi connectivity index (χ0n) is 12.2. The van der Waals surface area contributed by atoms with Crippen molar-refractivity contribution in [2.24, 2.45) is 5.92 Å². The number of hydrogen-bond acceptors (Lipinski definition) is 2. The molecule has 1 rings (SSSR count). The van der Waals surface area contributed by atoms with Gasteiger partial charge in [0.05, 0.1) is 12.3 Å². The second kappa shape index (κ2) is 8.35. The fourth-order valence-corrected chi connectivity index (χ4v) is 1.81. The Morgan fingerprint density at radius 2 is 1.80 bits per heavy atom. The van der Waals surface area contributed by atoms with Gasteiger partial charge in [0.15, 0.2) is 0 Å². The summed E-state index contributed by atoms with van der Waals surface area (Å²) >= 11 is 0. The van der Waals surface area contributed by atoms with Gasteiger partial charge in [0.1, 0.15) is 0 Å². The number of aliphatic carboxylic acids is 1. The maximum atomic E-state index is 11.7. The average molecular weight is 277 g/mol. The Hall–Kier alpha value is -1.84. The summed E-state index contributed by atoms with van der Waals surface area (Å²) in [4.78, 5) is 22.3. The number of hydrogen-bond donors (Lipinski definition) is 2. The molecule has 0 saturated heterocycles. The number of carbonyl (C=O) groups excluding carboxylic acids is 1. The SMILES string of the molecule is CCCCc1ccc(CC(=O)NCC(C)C(=O)O)cc1. The van der Waals surface area contributed by atoms with E-state index in [9.17, 15) is 9.59 Å². The second-order valence-electron chi connectivity index (χ2n) is 5.14. The number of carboxylic acids is 1. The van der Waals surface area contributed by atoms with Crippen LogP contribution in [0.1, 0.15) is 37.8 Å². The molecule has 2 N–H and O–H groups in total. The zero-order chi connectivity index (χ0) is 15.0. The molecule has 0 saturated carbocycles. The predicted octanol–water partition coefficient (Wildman–Crippen LogP) is 2.41. The first-order chi connectivity index (χ1) is 9.52. The van der Waals surface area contributed by atoms with Crippen molar-refractivity contribution in [3.63, 3.8) is 0 Å². The number of nitrogens with one attached hydrogen (secondary N) is 1. The van der Waals surface area contributed by atoms with Crippen LogP contribution in [0.2, 0.25) is 0 Å². The maximum absolute atomic E-state index is 11.7. The smallest absolute Gasteiger partial charge is 0.308 e. The van der Waals surface area contributed by atoms with Gasteiger partial charge in [-0.1, -0.05) is 44.5 Å². The van der Waals surface area contributed by atoms with Gasteiger partial charge in [-0.25, -0.2) is 0 Å². The zero-order valence-corrected chi connectivity index (χ0v) is 12.2. The maximum Gasteiger partial charge on any atom is 0.308 e. The number of benzene rings is 1. The number of rotatable bonds is 8. The lowest BCUT2D eigenvalue weighted by molar-refractivity contribution is -0.141. The van der Waals surface area contributed by atoms with Crippen molar-refractivity contribution in [1.82, 2.24) is 5.32 Å². The molecular weight excluding hydrogens is 254 g/mol. The summed E-state index contributed by atoms with van der Waals surface area (Å²) in [7, 11) is 0. The summed E-state index contributed by atoms with van der Waals surface area (Å²) in [5.74, 6) is -1.60. The molecule has 0 heterocycles. The predicted molar refractivity (Wildman–Crippen MR) is 78.6 cm³/mol. The minimum absolute atomic E-state index is 0.139. The van der Waals surface area contributed by atoms with E-state index < -0.39 is 11.9 Å². The Bertz CT molecular complexity index is 440. The van der Waals surface area contributed by atoms with Gasteiger partial charge in [-0.15, -0.1) is 0 Å². The molecule has 1 aromatic rings. The first-order valence-corrected chi connectivity index (χ1v) is 7.10. The minimum atomic E-state index is -0.898. The Kier molecular flexibility index (Phi) is 6.77. The molecule has 4 nitrogen and oxygen atoms in total. The van der Waals surface area contributed by atoms with Crippen molar-refractivity contribution < 1.29 is 14.7 Å². The number of aryl methyl sites for hydroxylation is 1. The van der Waals surface area contributed by atoms with Gasteiger partial charge in [0.25, 0.3) is 0 Å². The number of amides is 1. The van der Waals surface area contributed by atoms with Crippen LogP contribution < -0.4 is 5.32 Å². The standard InChI is InChI=1S/C16H23NO3/c1-3-4-5-13-6-8-14(9-7-13)10-15(18)17-11-12(2)16(19)20/h6-9,12H,3-5,10-11H2,1-2H3,(H,17,18)(H,19,20). The van der Waals surface area contributed by atoms with E-state index >= 15 is 0 Å². The van der Waals surface area contributed by atoms with E-state index in [4.69, 9.17) is 5.11 Å². The van der Waals surface area contributed by atoms with Crippen LogP contribution in [0, 0.1) is 5.92 Å². The molecule has 1 aromatic carbocycles. The van der Waals surface area contributed by atoms with Crippen LogP contribution in [0.15, 0.2) is 24.3 Å². The van der Waals surface area contributed by atoms with Gasteiger partial charge < -0.3 is 10.4 Å². The Balaban J connectivity index is 2.40. The van der Waals surface area contributed by atoms with Crippen LogP contribution >= 0.6 is 0 Å². The summed E-state index contributed by atoms with van der Waals surface area (Å²) in [6.45, 7) is 3.91. The monoisotopic (exact) mass is 277 g/mol. The molecule has 0 bridgehead atoms. The third kappa shape index (κ3) is 5.87. The van der Waals surface area contributed by atoms with Crippen LogP contribution in [-0.2, 0) is 22.4 Å². The molecule has 0 fully saturated rings. The summed E-state index contributed by atoms with van der Waals surface area (Å²) in [6, 6.07) is 8.03. The molecule has 1 unspecified atom stereocenters. The number of unbranched alkanes of at least 4 members (excludes halogenated alkanes) is 1. The molecule has 0 aliphatic heterocycles. The van der Waals surface area contributed by atoms with E-state index in [2.05, 4.69) is 24.4 Å². The van der Waals surface area contributed by atoms with Crippen LogP contribution in [0.3, 0.4) is 0 Å². The van der Waals surface area contributed by atoms with Gasteiger partial charge in [0, 0.05) is 6.54 Å². The Labute approximate surface area is 120 Å². The van der Waals surface area contributed by atoms with Crippen molar-refractivity contribution in [1.29, 1.82) is 0 Å². The summed E-state index contributed by atoms with van der Waals surface area (Å²) in [6.07, 6.45) is 3.71. The fourth-order valence-electron chi connectivity index (χ4n) is 1.81. The second-order valence-corrected chi connectivity index (χ2v) is 5.14. The molecular formula is C16H23NO3.